The van der Waals surface area contributed by atoms with Crippen LogP contribution < -0.4 is 15.3 Å². The molecule has 0 heterocycles. The van der Waals surface area contributed by atoms with Crippen molar-refractivity contribution in [3.05, 3.63) is 0 Å². The quantitative estimate of drug-likeness (QED) is 0.641. The summed E-state index contributed by atoms with van der Waals surface area (Å²) < 4.78 is 0. The van der Waals surface area contributed by atoms with E-state index in [0.29, 0.717) is 0 Å². The maximum Gasteiger partial charge on any atom is 3.00 e. The third kappa shape index (κ3) is 369000. The molecule has 1 N–H and O–H groups in total. The molecule has 0 aliphatic rings. The fourth-order valence-electron chi connectivity index (χ4n) is 0. The van der Waals surface area contributed by atoms with Crippen molar-refractivity contribution >= 4 is 23.3 Å². The van der Waals surface area contributed by atoms with E-state index in [2.05, 4.69) is 0 Å². The molecule has 0 unspecified atom stereocenters. The summed E-state index contributed by atoms with van der Waals surface area (Å²) in [7, 11) is 0. The molecule has 0 rings (SSSR count). The summed E-state index contributed by atoms with van der Waals surface area (Å²) in [5, 5.41) is 37.7. The molecule has 0 atom stereocenters. The van der Waals surface area contributed by atoms with Crippen LogP contribution in [0, 0.1) is 0 Å². The molecule has 0 radical (unpaired) electrons. The summed E-state index contributed by atoms with van der Waals surface area (Å²) in [5.74, 6) is -0.833. The molecule has 0 aromatic heterocycles. The Labute approximate surface area is 135 Å². The van der Waals surface area contributed by atoms with Gasteiger partial charge >= 0.3 is 17.4 Å². The fraction of sp³-hybridized carbons (Fsp3) is 0.929. The molecule has 20 heavy (non-hydrogen) atoms. The van der Waals surface area contributed by atoms with Crippen molar-refractivity contribution < 1.29 is 25.2 Å². The number of rotatable bonds is 0. The van der Waals surface area contributed by atoms with Crippen molar-refractivity contribution in [3.8, 4) is 0 Å². The topological polar surface area (TPSA) is 106 Å². The largest absolute Gasteiger partial charge is 3.00 e. The second-order valence-electron chi connectivity index (χ2n) is 6.86. The Bertz CT molecular complexity index is 159. The third-order valence-electron chi connectivity index (χ3n) is 0. The van der Waals surface area contributed by atoms with Gasteiger partial charge in [0.15, 0.2) is 0 Å². The van der Waals surface area contributed by atoms with Crippen molar-refractivity contribution in [2.45, 2.75) is 86.0 Å². The predicted octanol–water partition coefficient (Wildman–Crippen LogP) is 0.146. The Morgan fingerprint density at radius 3 is 0.700 bits per heavy atom. The summed E-state index contributed by atoms with van der Waals surface area (Å²) in [6, 6.07) is 0. The molecule has 0 bridgehead atoms. The molecule has 0 amide bonds. The second-order valence-corrected chi connectivity index (χ2v) is 6.86. The van der Waals surface area contributed by atoms with Gasteiger partial charge in [-0.3, -0.25) is 4.79 Å². The Balaban J connectivity index is -0.0000000494. The van der Waals surface area contributed by atoms with Crippen molar-refractivity contribution in [1.29, 1.82) is 0 Å². The maximum absolute atomic E-state index is 10.1. The third-order valence-corrected chi connectivity index (χ3v) is 0. The summed E-state index contributed by atoms with van der Waals surface area (Å²) >= 11 is 0. The van der Waals surface area contributed by atoms with E-state index in [4.69, 9.17) is 9.90 Å². The number of hydrogen-bond acceptors (Lipinski definition) is 4. The van der Waals surface area contributed by atoms with Crippen LogP contribution in [0.2, 0.25) is 0 Å². The molecule has 0 aromatic carbocycles. The SMILES string of the molecule is CC(=O)O.CC(C)(C)[O-].CC(C)(C)[O-].CC(C)(C)[O-].[Al+3]. The number of carboxylic acids is 1. The smallest absolute Gasteiger partial charge is 0.850 e. The molecule has 0 aliphatic carbocycles. The van der Waals surface area contributed by atoms with Crippen molar-refractivity contribution in [2.75, 3.05) is 0 Å². The summed E-state index contributed by atoms with van der Waals surface area (Å²) in [5.41, 5.74) is -2.25. The van der Waals surface area contributed by atoms with Gasteiger partial charge < -0.3 is 20.4 Å². The van der Waals surface area contributed by atoms with E-state index >= 15 is 0 Å². The zero-order valence-electron chi connectivity index (χ0n) is 14.7. The van der Waals surface area contributed by atoms with Crippen molar-refractivity contribution in [2.24, 2.45) is 0 Å². The van der Waals surface area contributed by atoms with Gasteiger partial charge in [-0.1, -0.05) is 62.3 Å². The first-order valence-corrected chi connectivity index (χ1v) is 6.04. The summed E-state index contributed by atoms with van der Waals surface area (Å²) in [6.07, 6.45) is 0. The monoisotopic (exact) mass is 306 g/mol. The van der Waals surface area contributed by atoms with E-state index in [1.54, 1.807) is 62.3 Å². The Hall–Kier alpha value is -0.118. The molecule has 0 saturated carbocycles. The summed E-state index contributed by atoms with van der Waals surface area (Å²) in [6.45, 7) is 15.8. The minimum Gasteiger partial charge on any atom is -0.850 e. The van der Waals surface area contributed by atoms with Crippen LogP contribution in [0.25, 0.3) is 0 Å². The molecule has 120 valence electrons. The first kappa shape index (κ1) is 32.0. The molecule has 0 fully saturated rings. The number of carbonyl (C=O) groups is 1. The fourth-order valence-corrected chi connectivity index (χ4v) is 0. The number of hydrogen-bond donors (Lipinski definition) is 1. The first-order chi connectivity index (χ1) is 7.73. The molecule has 0 aliphatic heterocycles. The van der Waals surface area contributed by atoms with Crippen LogP contribution in [0.1, 0.15) is 69.2 Å². The van der Waals surface area contributed by atoms with Crippen LogP contribution in [0.4, 0.5) is 0 Å². The predicted molar refractivity (Wildman–Crippen MR) is 78.3 cm³/mol. The Morgan fingerprint density at radius 2 is 0.700 bits per heavy atom. The normalized spacial score (nSPS) is 10.2. The molecular formula is C14H31AlO5. The molecule has 6 heteroatoms. The molecule has 0 aromatic rings. The summed E-state index contributed by atoms with van der Waals surface area (Å²) in [4.78, 5) is 9.00. The van der Waals surface area contributed by atoms with E-state index < -0.39 is 22.8 Å². The van der Waals surface area contributed by atoms with Gasteiger partial charge in [0.05, 0.1) is 0 Å². The van der Waals surface area contributed by atoms with Gasteiger partial charge in [0.1, 0.15) is 0 Å². The van der Waals surface area contributed by atoms with Crippen LogP contribution in [-0.2, 0) is 4.79 Å². The zero-order chi connectivity index (χ0) is 17.1. The molecule has 0 saturated heterocycles. The average molecular weight is 306 g/mol. The Morgan fingerprint density at radius 1 is 0.700 bits per heavy atom. The van der Waals surface area contributed by atoms with Crippen LogP contribution in [0.15, 0.2) is 0 Å². The van der Waals surface area contributed by atoms with Crippen LogP contribution in [0.5, 0.6) is 0 Å². The Kier molecular flexibility index (Phi) is 22.2. The number of aliphatic carboxylic acids is 1. The van der Waals surface area contributed by atoms with E-state index in [9.17, 15) is 15.3 Å². The standard InChI is InChI=1S/3C4H9O.C2H4O2.Al/c3*1-4(2,3)5;1-2(3)4;/h3*1-3H3;1H3,(H,3,4);/q3*-1;;+3. The van der Waals surface area contributed by atoms with Gasteiger partial charge in [0.25, 0.3) is 5.97 Å². The van der Waals surface area contributed by atoms with Gasteiger partial charge in [-0.25, -0.2) is 0 Å². The number of carboxylic acid groups (broad SMARTS) is 1. The first-order valence-electron chi connectivity index (χ1n) is 6.04. The van der Waals surface area contributed by atoms with Crippen molar-refractivity contribution in [3.63, 3.8) is 0 Å². The second kappa shape index (κ2) is 13.8. The van der Waals surface area contributed by atoms with Crippen molar-refractivity contribution in [1.82, 2.24) is 0 Å². The van der Waals surface area contributed by atoms with E-state index in [1.807, 2.05) is 0 Å². The minimum atomic E-state index is -0.833. The van der Waals surface area contributed by atoms with E-state index in [-0.39, 0.29) is 17.4 Å². The molecular weight excluding hydrogens is 275 g/mol. The maximum atomic E-state index is 10.1. The van der Waals surface area contributed by atoms with Gasteiger partial charge in [-0.2, -0.15) is 0 Å². The van der Waals surface area contributed by atoms with Crippen LogP contribution >= 0.6 is 0 Å². The van der Waals surface area contributed by atoms with Gasteiger partial charge in [0.2, 0.25) is 0 Å². The molecule has 0 spiro atoms. The van der Waals surface area contributed by atoms with Crippen LogP contribution in [-0.4, -0.2) is 45.2 Å². The molecule has 5 nitrogen and oxygen atoms in total. The van der Waals surface area contributed by atoms with Gasteiger partial charge in [-0.15, -0.1) is 16.8 Å². The van der Waals surface area contributed by atoms with E-state index in [0.717, 1.165) is 6.92 Å². The van der Waals surface area contributed by atoms with Gasteiger partial charge in [-0.05, 0) is 0 Å². The van der Waals surface area contributed by atoms with E-state index in [1.165, 1.54) is 0 Å². The van der Waals surface area contributed by atoms with Crippen LogP contribution in [0.3, 0.4) is 0 Å². The van der Waals surface area contributed by atoms with Gasteiger partial charge in [0, 0.05) is 6.92 Å². The zero-order valence-corrected chi connectivity index (χ0v) is 15.8. The average Bonchev–Trinajstić information content (AvgIpc) is 1.66. The minimum absolute atomic E-state index is 0.